The fraction of sp³-hybridized carbons (Fsp3) is 0.304. The summed E-state index contributed by atoms with van der Waals surface area (Å²) in [6.07, 6.45) is 1.20. The second-order valence-electron chi connectivity index (χ2n) is 7.59. The molecule has 0 heterocycles. The first-order chi connectivity index (χ1) is 15.8. The van der Waals surface area contributed by atoms with Gasteiger partial charge in [0.2, 0.25) is 0 Å². The first-order valence-electron chi connectivity index (χ1n) is 10.5. The molecule has 0 bridgehead atoms. The number of nitrogens with zero attached hydrogens (tertiary/aromatic N) is 1. The topological polar surface area (TPSA) is 99.7 Å². The zero-order valence-corrected chi connectivity index (χ0v) is 17.6. The summed E-state index contributed by atoms with van der Waals surface area (Å²) in [5.41, 5.74) is 1.04. The second-order valence-corrected chi connectivity index (χ2v) is 7.59. The Bertz CT molecular complexity index is 1050. The van der Waals surface area contributed by atoms with Crippen LogP contribution in [-0.4, -0.2) is 30.0 Å². The number of amides is 3. The van der Waals surface area contributed by atoms with E-state index in [2.05, 4.69) is 15.7 Å². The molecule has 33 heavy (non-hydrogen) atoms. The van der Waals surface area contributed by atoms with Crippen molar-refractivity contribution in [1.29, 1.82) is 0 Å². The average molecular weight is 460 g/mol. The highest BCUT2D eigenvalue weighted by Crippen LogP contribution is 2.31. The predicted molar refractivity (Wildman–Crippen MR) is 117 cm³/mol. The lowest BCUT2D eigenvalue weighted by atomic mass is 9.95. The van der Waals surface area contributed by atoms with Gasteiger partial charge in [0.05, 0.1) is 23.0 Å². The molecule has 0 radical (unpaired) electrons. The van der Waals surface area contributed by atoms with Crippen molar-refractivity contribution in [3.05, 3.63) is 65.2 Å². The smallest absolute Gasteiger partial charge is 0.349 e. The largest absolute Gasteiger partial charge is 0.417 e. The van der Waals surface area contributed by atoms with Gasteiger partial charge in [-0.05, 0) is 31.0 Å². The Labute approximate surface area is 188 Å². The van der Waals surface area contributed by atoms with Gasteiger partial charge in [0.25, 0.3) is 5.91 Å². The van der Waals surface area contributed by atoms with E-state index in [-0.39, 0.29) is 28.8 Å². The summed E-state index contributed by atoms with van der Waals surface area (Å²) in [5, 5.41) is 8.74. The van der Waals surface area contributed by atoms with Crippen LogP contribution < -0.4 is 16.1 Å². The van der Waals surface area contributed by atoms with Crippen LogP contribution >= 0.6 is 0 Å². The van der Waals surface area contributed by atoms with Crippen LogP contribution in [0.3, 0.4) is 0 Å². The van der Waals surface area contributed by atoms with Crippen LogP contribution in [0.15, 0.2) is 53.6 Å². The lowest BCUT2D eigenvalue weighted by molar-refractivity contribution is -0.137. The van der Waals surface area contributed by atoms with E-state index in [1.165, 1.54) is 30.3 Å². The number of hydrogen-bond acceptors (Lipinski definition) is 4. The lowest BCUT2D eigenvalue weighted by Crippen LogP contribution is -2.37. The summed E-state index contributed by atoms with van der Waals surface area (Å²) >= 11 is 0. The monoisotopic (exact) mass is 460 g/mol. The molecular formula is C23H23F3N4O3. The third-order valence-corrected chi connectivity index (χ3v) is 5.20. The standard InChI is InChI=1S/C23H23F3N4O3/c24-23(25,26)18-12-6-4-8-15(18)14-27-30-22(33)21(32)29-19-13-7-5-11-17(19)20(31)28-16-9-2-1-3-10-16/h4-8,11-14,16H,1-3,9-10H2,(H,28,31)(H,29,32)(H,30,33). The number of para-hydroxylation sites is 1. The molecule has 0 aromatic heterocycles. The van der Waals surface area contributed by atoms with E-state index in [9.17, 15) is 27.6 Å². The fourth-order valence-corrected chi connectivity index (χ4v) is 3.56. The van der Waals surface area contributed by atoms with E-state index in [0.29, 0.717) is 0 Å². The first kappa shape index (κ1) is 24.0. The zero-order valence-electron chi connectivity index (χ0n) is 17.6. The SMILES string of the molecule is O=C(NN=Cc1ccccc1C(F)(F)F)C(=O)Nc1ccccc1C(=O)NC1CCCCC1. The molecule has 0 spiro atoms. The average Bonchev–Trinajstić information content (AvgIpc) is 2.79. The lowest BCUT2D eigenvalue weighted by Gasteiger charge is -2.23. The summed E-state index contributed by atoms with van der Waals surface area (Å²) in [4.78, 5) is 36.9. The van der Waals surface area contributed by atoms with Crippen molar-refractivity contribution < 1.29 is 27.6 Å². The van der Waals surface area contributed by atoms with Gasteiger partial charge in [-0.15, -0.1) is 0 Å². The number of hydrogen-bond donors (Lipinski definition) is 3. The molecule has 2 aromatic carbocycles. The molecule has 1 aliphatic carbocycles. The Kier molecular flexibility index (Phi) is 7.81. The Morgan fingerprint density at radius 2 is 1.58 bits per heavy atom. The maximum absolute atomic E-state index is 13.0. The molecule has 1 fully saturated rings. The maximum Gasteiger partial charge on any atom is 0.417 e. The number of halogens is 3. The highest BCUT2D eigenvalue weighted by atomic mass is 19.4. The summed E-state index contributed by atoms with van der Waals surface area (Å²) in [6, 6.07) is 11.0. The minimum atomic E-state index is -4.59. The van der Waals surface area contributed by atoms with Crippen molar-refractivity contribution in [2.45, 2.75) is 44.3 Å². The molecule has 3 amide bonds. The van der Waals surface area contributed by atoms with Gasteiger partial charge in [0.1, 0.15) is 0 Å². The number of rotatable bonds is 5. The van der Waals surface area contributed by atoms with E-state index < -0.39 is 23.6 Å². The van der Waals surface area contributed by atoms with Crippen molar-refractivity contribution in [2.75, 3.05) is 5.32 Å². The molecule has 1 saturated carbocycles. The van der Waals surface area contributed by atoms with Gasteiger partial charge in [-0.25, -0.2) is 5.43 Å². The number of anilines is 1. The normalized spacial score (nSPS) is 14.6. The summed E-state index contributed by atoms with van der Waals surface area (Å²) < 4.78 is 39.0. The molecule has 10 heteroatoms. The third kappa shape index (κ3) is 6.64. The van der Waals surface area contributed by atoms with Gasteiger partial charge in [-0.2, -0.15) is 18.3 Å². The van der Waals surface area contributed by atoms with Crippen molar-refractivity contribution in [3.8, 4) is 0 Å². The van der Waals surface area contributed by atoms with E-state index in [4.69, 9.17) is 0 Å². The molecule has 3 N–H and O–H groups in total. The minimum absolute atomic E-state index is 0.0622. The maximum atomic E-state index is 13.0. The van der Waals surface area contributed by atoms with Crippen molar-refractivity contribution in [3.63, 3.8) is 0 Å². The number of benzene rings is 2. The summed E-state index contributed by atoms with van der Waals surface area (Å²) in [7, 11) is 0. The number of carbonyl (C=O) groups excluding carboxylic acids is 3. The van der Waals surface area contributed by atoms with Crippen LogP contribution in [0.25, 0.3) is 0 Å². The van der Waals surface area contributed by atoms with E-state index >= 15 is 0 Å². The van der Waals surface area contributed by atoms with Crippen LogP contribution in [0, 0.1) is 0 Å². The molecule has 0 atom stereocenters. The van der Waals surface area contributed by atoms with E-state index in [1.54, 1.807) is 12.1 Å². The molecule has 7 nitrogen and oxygen atoms in total. The molecule has 174 valence electrons. The van der Waals surface area contributed by atoms with E-state index in [1.807, 2.05) is 5.43 Å². The molecule has 0 unspecified atom stereocenters. The minimum Gasteiger partial charge on any atom is -0.349 e. The van der Waals surface area contributed by atoms with Crippen molar-refractivity contribution >= 4 is 29.6 Å². The van der Waals surface area contributed by atoms with Gasteiger partial charge in [-0.3, -0.25) is 14.4 Å². The Morgan fingerprint density at radius 3 is 2.30 bits per heavy atom. The first-order valence-corrected chi connectivity index (χ1v) is 10.5. The molecule has 0 aliphatic heterocycles. The number of alkyl halides is 3. The molecule has 3 rings (SSSR count). The van der Waals surface area contributed by atoms with Gasteiger partial charge < -0.3 is 10.6 Å². The molecule has 2 aromatic rings. The highest BCUT2D eigenvalue weighted by molar-refractivity contribution is 6.40. The Hall–Kier alpha value is -3.69. The van der Waals surface area contributed by atoms with Gasteiger partial charge in [0, 0.05) is 11.6 Å². The summed E-state index contributed by atoms with van der Waals surface area (Å²) in [5.74, 6) is -2.67. The Balaban J connectivity index is 1.62. The molecular weight excluding hydrogens is 437 g/mol. The van der Waals surface area contributed by atoms with Gasteiger partial charge >= 0.3 is 18.0 Å². The second kappa shape index (κ2) is 10.8. The highest BCUT2D eigenvalue weighted by Gasteiger charge is 2.32. The fourth-order valence-electron chi connectivity index (χ4n) is 3.56. The van der Waals surface area contributed by atoms with Crippen molar-refractivity contribution in [1.82, 2.24) is 10.7 Å². The Morgan fingerprint density at radius 1 is 0.909 bits per heavy atom. The van der Waals surface area contributed by atoms with Gasteiger partial charge in [-0.1, -0.05) is 49.6 Å². The van der Waals surface area contributed by atoms with Crippen LogP contribution in [-0.2, 0) is 15.8 Å². The van der Waals surface area contributed by atoms with Crippen LogP contribution in [0.1, 0.15) is 53.6 Å². The summed E-state index contributed by atoms with van der Waals surface area (Å²) in [6.45, 7) is 0. The quantitative estimate of drug-likeness (QED) is 0.359. The predicted octanol–water partition coefficient (Wildman–Crippen LogP) is 3.86. The van der Waals surface area contributed by atoms with Crippen molar-refractivity contribution in [2.24, 2.45) is 5.10 Å². The third-order valence-electron chi connectivity index (χ3n) is 5.20. The van der Waals surface area contributed by atoms with Crippen LogP contribution in [0.5, 0.6) is 0 Å². The number of carbonyl (C=O) groups is 3. The number of nitrogens with one attached hydrogen (secondary N) is 3. The number of hydrazone groups is 1. The van der Waals surface area contributed by atoms with Crippen LogP contribution in [0.4, 0.5) is 18.9 Å². The molecule has 0 saturated heterocycles. The van der Waals surface area contributed by atoms with Gasteiger partial charge in [0.15, 0.2) is 0 Å². The van der Waals surface area contributed by atoms with E-state index in [0.717, 1.165) is 44.4 Å². The zero-order chi connectivity index (χ0) is 23.8. The molecule has 1 aliphatic rings. The van der Waals surface area contributed by atoms with Crippen LogP contribution in [0.2, 0.25) is 0 Å².